The standard InChI is InChI=1S/C24H21ClFIN4O2S/c1-15(17-8-18(25)11-19(26)9-17)30-3-2-16(10-23(30)32)22-14-31(34-27)24-21(22)12-20(13-28-24)29-4-6-33-7-5-29/h2-3,8-15H,4-7H2,1H3. The fourth-order valence-electron chi connectivity index (χ4n) is 4.30. The fourth-order valence-corrected chi connectivity index (χ4v) is 5.79. The molecule has 0 N–H and O–H groups in total. The van der Waals surface area contributed by atoms with Crippen LogP contribution in [0.1, 0.15) is 18.5 Å². The van der Waals surface area contributed by atoms with Gasteiger partial charge < -0.3 is 14.2 Å². The number of hydrogen-bond acceptors (Lipinski definition) is 5. The van der Waals surface area contributed by atoms with Gasteiger partial charge in [0.15, 0.2) is 5.65 Å². The number of anilines is 1. The monoisotopic (exact) mass is 610 g/mol. The highest BCUT2D eigenvalue weighted by Crippen LogP contribution is 2.35. The molecule has 6 nitrogen and oxygen atoms in total. The third kappa shape index (κ3) is 4.58. The number of ether oxygens (including phenoxy) is 1. The van der Waals surface area contributed by atoms with Crippen LogP contribution in [0.25, 0.3) is 22.2 Å². The zero-order chi connectivity index (χ0) is 23.8. The van der Waals surface area contributed by atoms with E-state index in [1.54, 1.807) is 22.9 Å². The molecular formula is C24H21ClFIN4O2S. The Morgan fingerprint density at radius 1 is 1.21 bits per heavy atom. The van der Waals surface area contributed by atoms with Crippen molar-refractivity contribution in [1.29, 1.82) is 0 Å². The number of rotatable bonds is 5. The number of fused-ring (bicyclic) bond motifs is 1. The van der Waals surface area contributed by atoms with Crippen LogP contribution in [0.3, 0.4) is 0 Å². The predicted molar refractivity (Wildman–Crippen MR) is 145 cm³/mol. The number of nitrogens with zero attached hydrogens (tertiary/aromatic N) is 4. The zero-order valence-electron chi connectivity index (χ0n) is 18.2. The van der Waals surface area contributed by atoms with Crippen molar-refractivity contribution in [3.8, 4) is 11.1 Å². The third-order valence-corrected chi connectivity index (χ3v) is 8.01. The maximum absolute atomic E-state index is 13.8. The van der Waals surface area contributed by atoms with Gasteiger partial charge in [0.2, 0.25) is 0 Å². The summed E-state index contributed by atoms with van der Waals surface area (Å²) < 4.78 is 22.9. The minimum Gasteiger partial charge on any atom is -0.378 e. The molecule has 34 heavy (non-hydrogen) atoms. The third-order valence-electron chi connectivity index (χ3n) is 6.09. The van der Waals surface area contributed by atoms with Crippen molar-refractivity contribution in [3.63, 3.8) is 0 Å². The Kier molecular flexibility index (Phi) is 6.88. The summed E-state index contributed by atoms with van der Waals surface area (Å²) in [6.07, 6.45) is 5.65. The lowest BCUT2D eigenvalue weighted by Gasteiger charge is -2.28. The first-order chi connectivity index (χ1) is 16.4. The molecule has 1 unspecified atom stereocenters. The van der Waals surface area contributed by atoms with Crippen LogP contribution >= 0.6 is 41.9 Å². The summed E-state index contributed by atoms with van der Waals surface area (Å²) in [7, 11) is 1.53. The second-order valence-corrected chi connectivity index (χ2v) is 10.3. The molecule has 4 aromatic rings. The predicted octanol–water partition coefficient (Wildman–Crippen LogP) is 5.95. The second-order valence-electron chi connectivity index (χ2n) is 8.14. The number of pyridine rings is 2. The summed E-state index contributed by atoms with van der Waals surface area (Å²) in [6, 6.07) is 9.64. The molecule has 176 valence electrons. The van der Waals surface area contributed by atoms with Crippen LogP contribution in [-0.4, -0.2) is 39.8 Å². The molecule has 0 bridgehead atoms. The van der Waals surface area contributed by atoms with Crippen LogP contribution in [0.4, 0.5) is 10.1 Å². The lowest BCUT2D eigenvalue weighted by atomic mass is 10.1. The minimum absolute atomic E-state index is 0.175. The molecule has 0 amide bonds. The molecule has 1 saturated heterocycles. The van der Waals surface area contributed by atoms with Crippen molar-refractivity contribution in [1.82, 2.24) is 13.5 Å². The van der Waals surface area contributed by atoms with Crippen LogP contribution in [0.15, 0.2) is 59.8 Å². The zero-order valence-corrected chi connectivity index (χ0v) is 22.0. The van der Waals surface area contributed by atoms with Gasteiger partial charge in [0, 0.05) is 77.8 Å². The number of benzene rings is 1. The summed E-state index contributed by atoms with van der Waals surface area (Å²) in [5, 5.41) is 1.29. The maximum Gasteiger partial charge on any atom is 0.251 e. The van der Waals surface area contributed by atoms with Gasteiger partial charge in [-0.3, -0.25) is 8.77 Å². The Bertz CT molecular complexity index is 1400. The van der Waals surface area contributed by atoms with Gasteiger partial charge in [-0.2, -0.15) is 0 Å². The first-order valence-corrected chi connectivity index (χ1v) is 14.5. The van der Waals surface area contributed by atoms with E-state index in [1.165, 1.54) is 21.3 Å². The number of hydrogen-bond donors (Lipinski definition) is 0. The molecule has 0 aliphatic carbocycles. The second kappa shape index (κ2) is 9.88. The molecule has 3 aromatic heterocycles. The molecule has 0 saturated carbocycles. The van der Waals surface area contributed by atoms with E-state index in [0.29, 0.717) is 23.8 Å². The minimum atomic E-state index is -0.424. The summed E-state index contributed by atoms with van der Waals surface area (Å²) in [5.74, 6) is -0.424. The van der Waals surface area contributed by atoms with Gasteiger partial charge in [0.1, 0.15) is 5.82 Å². The highest BCUT2D eigenvalue weighted by atomic mass is 127. The summed E-state index contributed by atoms with van der Waals surface area (Å²) in [4.78, 5) is 20.1. The van der Waals surface area contributed by atoms with Gasteiger partial charge in [0.05, 0.1) is 31.1 Å². The average Bonchev–Trinajstić information content (AvgIpc) is 3.21. The number of morpholine rings is 1. The normalized spacial score (nSPS) is 15.1. The van der Waals surface area contributed by atoms with Crippen LogP contribution in [-0.2, 0) is 4.74 Å². The van der Waals surface area contributed by atoms with E-state index < -0.39 is 5.82 Å². The van der Waals surface area contributed by atoms with Crippen molar-refractivity contribution in [2.75, 3.05) is 31.2 Å². The molecule has 0 radical (unpaired) electrons. The summed E-state index contributed by atoms with van der Waals surface area (Å²) in [6.45, 7) is 4.89. The molecule has 1 aliphatic rings. The molecule has 10 heteroatoms. The van der Waals surface area contributed by atoms with Gasteiger partial charge in [-0.25, -0.2) is 9.37 Å². The Hall–Kier alpha value is -2.08. The van der Waals surface area contributed by atoms with Crippen molar-refractivity contribution in [2.24, 2.45) is 0 Å². The number of halogens is 3. The van der Waals surface area contributed by atoms with Crippen molar-refractivity contribution >= 4 is 58.6 Å². The molecule has 1 fully saturated rings. The van der Waals surface area contributed by atoms with Crippen LogP contribution < -0.4 is 10.5 Å². The van der Waals surface area contributed by atoms with E-state index in [4.69, 9.17) is 21.3 Å². The molecular weight excluding hydrogens is 590 g/mol. The van der Waals surface area contributed by atoms with Gasteiger partial charge in [-0.15, -0.1) is 0 Å². The summed E-state index contributed by atoms with van der Waals surface area (Å²) >= 11 is 8.24. The highest BCUT2D eigenvalue weighted by Gasteiger charge is 2.18. The smallest absolute Gasteiger partial charge is 0.251 e. The quantitative estimate of drug-likeness (QED) is 0.262. The van der Waals surface area contributed by atoms with Crippen molar-refractivity contribution < 1.29 is 9.13 Å². The van der Waals surface area contributed by atoms with Gasteiger partial charge in [-0.05, 0) is 48.4 Å². The lowest BCUT2D eigenvalue weighted by molar-refractivity contribution is 0.122. The molecule has 1 atom stereocenters. The SMILES string of the molecule is CC(c1cc(F)cc(Cl)c1)n1ccc(-c2cn(SI)c3ncc(N4CCOCC4)cc23)cc1=O. The number of aromatic nitrogens is 3. The van der Waals surface area contributed by atoms with E-state index in [0.717, 1.165) is 40.9 Å². The van der Waals surface area contributed by atoms with E-state index in [-0.39, 0.29) is 11.6 Å². The van der Waals surface area contributed by atoms with E-state index in [1.807, 2.05) is 29.4 Å². The molecule has 4 heterocycles. The highest BCUT2D eigenvalue weighted by molar-refractivity contribution is 14.2. The summed E-state index contributed by atoms with van der Waals surface area (Å²) in [5.41, 5.74) is 4.09. The topological polar surface area (TPSA) is 52.3 Å². The maximum atomic E-state index is 13.8. The van der Waals surface area contributed by atoms with E-state index in [9.17, 15) is 9.18 Å². The molecule has 5 rings (SSSR count). The molecule has 0 spiro atoms. The Morgan fingerprint density at radius 2 is 2.00 bits per heavy atom. The van der Waals surface area contributed by atoms with Gasteiger partial charge in [-0.1, -0.05) is 11.6 Å². The molecule has 1 aliphatic heterocycles. The largest absolute Gasteiger partial charge is 0.378 e. The molecule has 1 aromatic carbocycles. The Morgan fingerprint density at radius 3 is 2.71 bits per heavy atom. The lowest BCUT2D eigenvalue weighted by Crippen LogP contribution is -2.36. The van der Waals surface area contributed by atoms with Crippen LogP contribution in [0.5, 0.6) is 0 Å². The van der Waals surface area contributed by atoms with Crippen molar-refractivity contribution in [2.45, 2.75) is 13.0 Å². The first-order valence-electron chi connectivity index (χ1n) is 10.8. The average molecular weight is 611 g/mol. The van der Waals surface area contributed by atoms with Crippen LogP contribution in [0.2, 0.25) is 5.02 Å². The Balaban J connectivity index is 1.55. The van der Waals surface area contributed by atoms with Crippen LogP contribution in [0, 0.1) is 5.82 Å². The van der Waals surface area contributed by atoms with E-state index in [2.05, 4.69) is 32.2 Å². The van der Waals surface area contributed by atoms with Crippen molar-refractivity contribution in [3.05, 3.63) is 81.7 Å². The van der Waals surface area contributed by atoms with Gasteiger partial charge >= 0.3 is 0 Å². The fraction of sp³-hybridized carbons (Fsp3) is 0.250. The van der Waals surface area contributed by atoms with Gasteiger partial charge in [0.25, 0.3) is 5.56 Å². The van der Waals surface area contributed by atoms with E-state index >= 15 is 0 Å². The Labute approximate surface area is 217 Å². The first kappa shape index (κ1) is 23.7.